The van der Waals surface area contributed by atoms with Crippen LogP contribution in [0, 0.1) is 25.2 Å². The van der Waals surface area contributed by atoms with E-state index in [2.05, 4.69) is 20.3 Å². The molecule has 2 saturated heterocycles. The standard InChI is InChI=1S/C30H42N7O10PS/c1-8-19-20(10-24(45-19)37-12-18(4)26(39)32-29(37)42)47-48(49,22-13-35(34-33-22)15-43-27(40)30(5,6)7)44-14-21-16(2)9-23(46-21)36-11-17(3)25(38)31-28(36)41/h11-13,16,19-21,23-24H,8-10,14-15H2,1-7H3,(H,31,38,41)(H,32,39,42)/t16?,19-,20?,21-,23-,24-,48?/m1/s1. The number of hydrogen-bond acceptors (Lipinski definition) is 13. The van der Waals surface area contributed by atoms with Crippen LogP contribution >= 0.6 is 6.49 Å². The second kappa shape index (κ2) is 14.4. The Morgan fingerprint density at radius 3 is 2.12 bits per heavy atom. The number of hydrogen-bond donors (Lipinski definition) is 2. The van der Waals surface area contributed by atoms with E-state index < -0.39 is 71.1 Å². The summed E-state index contributed by atoms with van der Waals surface area (Å²) in [4.78, 5) is 66.1. The molecule has 2 aliphatic heterocycles. The van der Waals surface area contributed by atoms with E-state index in [0.717, 1.165) is 0 Å². The Kier molecular flexibility index (Phi) is 10.8. The summed E-state index contributed by atoms with van der Waals surface area (Å²) in [6, 6.07) is 0. The lowest BCUT2D eigenvalue weighted by molar-refractivity contribution is -0.157. The molecular formula is C30H42N7O10PS. The number of rotatable bonds is 11. The Bertz CT molecular complexity index is 1980. The highest BCUT2D eigenvalue weighted by Gasteiger charge is 2.43. The molecule has 19 heteroatoms. The summed E-state index contributed by atoms with van der Waals surface area (Å²) in [5, 5.41) is 8.35. The average molecular weight is 724 g/mol. The van der Waals surface area contributed by atoms with Gasteiger partial charge in [-0.05, 0) is 65.2 Å². The van der Waals surface area contributed by atoms with Crippen molar-refractivity contribution in [2.45, 2.75) is 105 Å². The lowest BCUT2D eigenvalue weighted by Crippen LogP contribution is -2.33. The third-order valence-electron chi connectivity index (χ3n) is 8.47. The number of aromatic amines is 2. The highest BCUT2D eigenvalue weighted by molar-refractivity contribution is 8.13. The maximum Gasteiger partial charge on any atom is 0.330 e. The van der Waals surface area contributed by atoms with Gasteiger partial charge < -0.3 is 23.3 Å². The Morgan fingerprint density at radius 1 is 0.980 bits per heavy atom. The van der Waals surface area contributed by atoms with Crippen LogP contribution in [0.5, 0.6) is 0 Å². The Labute approximate surface area is 286 Å². The second-order valence-electron chi connectivity index (χ2n) is 13.4. The zero-order chi connectivity index (χ0) is 35.8. The fraction of sp³-hybridized carbons (Fsp3) is 0.633. The zero-order valence-corrected chi connectivity index (χ0v) is 30.1. The van der Waals surface area contributed by atoms with Gasteiger partial charge in [-0.2, -0.15) is 0 Å². The first-order valence-corrected chi connectivity index (χ1v) is 18.6. The van der Waals surface area contributed by atoms with Crippen molar-refractivity contribution in [2.24, 2.45) is 11.3 Å². The van der Waals surface area contributed by atoms with E-state index in [9.17, 15) is 24.0 Å². The molecule has 3 aromatic heterocycles. The summed E-state index contributed by atoms with van der Waals surface area (Å²) in [6.45, 7) is 8.53. The van der Waals surface area contributed by atoms with Crippen molar-refractivity contribution in [3.05, 3.63) is 71.4 Å². The van der Waals surface area contributed by atoms with Crippen molar-refractivity contribution in [3.63, 3.8) is 0 Å². The van der Waals surface area contributed by atoms with Crippen molar-refractivity contribution in [3.8, 4) is 0 Å². The minimum Gasteiger partial charge on any atom is -0.442 e. The molecule has 2 N–H and O–H groups in total. The normalized spacial score (nSPS) is 25.4. The lowest BCUT2D eigenvalue weighted by Gasteiger charge is -2.27. The molecule has 0 aliphatic carbocycles. The number of H-pyrrole nitrogens is 2. The third-order valence-corrected chi connectivity index (χ3v) is 11.4. The third kappa shape index (κ3) is 8.10. The van der Waals surface area contributed by atoms with Crippen molar-refractivity contribution in [2.75, 3.05) is 6.61 Å². The number of aromatic nitrogens is 7. The molecule has 3 unspecified atom stereocenters. The number of ether oxygens (including phenoxy) is 3. The first-order chi connectivity index (χ1) is 23.0. The van der Waals surface area contributed by atoms with Gasteiger partial charge in [-0.25, -0.2) is 14.3 Å². The molecule has 7 atom stereocenters. The van der Waals surface area contributed by atoms with Crippen molar-refractivity contribution >= 4 is 29.7 Å². The van der Waals surface area contributed by atoms with Gasteiger partial charge in [0.05, 0.1) is 36.5 Å². The van der Waals surface area contributed by atoms with E-state index >= 15 is 0 Å². The van der Waals surface area contributed by atoms with Crippen LogP contribution in [0.3, 0.4) is 0 Å². The molecule has 0 amide bonds. The maximum atomic E-state index is 12.7. The Morgan fingerprint density at radius 2 is 1.55 bits per heavy atom. The van der Waals surface area contributed by atoms with Crippen LogP contribution in [0.15, 0.2) is 37.8 Å². The zero-order valence-electron chi connectivity index (χ0n) is 28.4. The highest BCUT2D eigenvalue weighted by atomic mass is 32.5. The summed E-state index contributed by atoms with van der Waals surface area (Å²) in [7, 11) is 0. The van der Waals surface area contributed by atoms with Crippen LogP contribution in [0.2, 0.25) is 0 Å². The number of aryl methyl sites for hydroxylation is 2. The summed E-state index contributed by atoms with van der Waals surface area (Å²) < 4.78 is 34.8. The van der Waals surface area contributed by atoms with Gasteiger partial charge in [0.25, 0.3) is 11.1 Å². The SMILES string of the molecule is CC[C@H]1O[C@@H](n2cc(C)c(=O)[nH]c2=O)CC1OP(=S)(OC[C@H]1O[C@@H](n2cc(C)c(=O)[nH]c2=O)CC1C)c1cn(COC(=O)C(C)(C)C)nn1. The lowest BCUT2D eigenvalue weighted by atomic mass is 9.98. The van der Waals surface area contributed by atoms with E-state index in [1.807, 2.05) is 13.8 Å². The van der Waals surface area contributed by atoms with Gasteiger partial charge in [0.2, 0.25) is 6.49 Å². The van der Waals surface area contributed by atoms with Crippen molar-refractivity contribution in [1.29, 1.82) is 0 Å². The number of carbonyl (C=O) groups excluding carboxylic acids is 1. The predicted molar refractivity (Wildman–Crippen MR) is 179 cm³/mol. The molecular weight excluding hydrogens is 681 g/mol. The van der Waals surface area contributed by atoms with Crippen LogP contribution in [0.4, 0.5) is 0 Å². The largest absolute Gasteiger partial charge is 0.442 e. The first-order valence-electron chi connectivity index (χ1n) is 15.9. The van der Waals surface area contributed by atoms with Crippen LogP contribution in [-0.4, -0.2) is 65.0 Å². The van der Waals surface area contributed by atoms with Gasteiger partial charge in [0.15, 0.2) is 12.2 Å². The number of nitrogens with one attached hydrogen (secondary N) is 2. The summed E-state index contributed by atoms with van der Waals surface area (Å²) in [5.74, 6) is -0.499. The van der Waals surface area contributed by atoms with E-state index in [0.29, 0.717) is 24.0 Å². The molecule has 49 heavy (non-hydrogen) atoms. The molecule has 5 heterocycles. The second-order valence-corrected chi connectivity index (χ2v) is 16.8. The van der Waals surface area contributed by atoms with Gasteiger partial charge in [0, 0.05) is 29.9 Å². The number of nitrogens with zero attached hydrogens (tertiary/aromatic N) is 5. The van der Waals surface area contributed by atoms with E-state index in [1.165, 1.54) is 32.4 Å². The molecule has 0 radical (unpaired) electrons. The van der Waals surface area contributed by atoms with E-state index in [1.54, 1.807) is 34.6 Å². The van der Waals surface area contributed by atoms with Crippen molar-refractivity contribution in [1.82, 2.24) is 34.1 Å². The van der Waals surface area contributed by atoms with E-state index in [-0.39, 0.29) is 31.1 Å². The molecule has 0 saturated carbocycles. The molecule has 17 nitrogen and oxygen atoms in total. The van der Waals surface area contributed by atoms with Crippen LogP contribution in [-0.2, 0) is 46.6 Å². The minimum atomic E-state index is -3.50. The number of carbonyl (C=O) groups is 1. The molecule has 2 aliphatic rings. The average Bonchev–Trinajstić information content (AvgIpc) is 3.77. The first kappa shape index (κ1) is 36.7. The molecule has 0 bridgehead atoms. The minimum absolute atomic E-state index is 0.0235. The molecule has 3 aromatic rings. The van der Waals surface area contributed by atoms with Gasteiger partial charge in [-0.3, -0.25) is 33.5 Å². The van der Waals surface area contributed by atoms with Crippen LogP contribution in [0.1, 0.15) is 77.5 Å². The monoisotopic (exact) mass is 723 g/mol. The topological polar surface area (TPSA) is 204 Å². The van der Waals surface area contributed by atoms with Crippen LogP contribution < -0.4 is 27.9 Å². The smallest absolute Gasteiger partial charge is 0.330 e. The maximum absolute atomic E-state index is 12.7. The van der Waals surface area contributed by atoms with Gasteiger partial charge in [-0.1, -0.05) is 19.1 Å². The fourth-order valence-electron chi connectivity index (χ4n) is 5.51. The molecule has 0 spiro atoms. The molecule has 0 aromatic carbocycles. The highest BCUT2D eigenvalue weighted by Crippen LogP contribution is 2.52. The van der Waals surface area contributed by atoms with Gasteiger partial charge in [0.1, 0.15) is 12.5 Å². The molecule has 268 valence electrons. The quantitative estimate of drug-likeness (QED) is 0.213. The van der Waals surface area contributed by atoms with E-state index in [4.69, 9.17) is 35.1 Å². The summed E-state index contributed by atoms with van der Waals surface area (Å²) in [5.41, 5.74) is -1.93. The predicted octanol–water partition coefficient (Wildman–Crippen LogP) is 1.50. The number of esters is 1. The van der Waals surface area contributed by atoms with Gasteiger partial charge >= 0.3 is 17.3 Å². The Balaban J connectivity index is 1.39. The summed E-state index contributed by atoms with van der Waals surface area (Å²) >= 11 is 6.10. The molecule has 5 rings (SSSR count). The van der Waals surface area contributed by atoms with Crippen LogP contribution in [0.25, 0.3) is 0 Å². The van der Waals surface area contributed by atoms with Crippen molar-refractivity contribution < 1.29 is 28.1 Å². The fourth-order valence-corrected chi connectivity index (χ4v) is 7.92. The van der Waals surface area contributed by atoms with Gasteiger partial charge in [-0.15, -0.1) is 5.10 Å². The molecule has 2 fully saturated rings. The summed E-state index contributed by atoms with van der Waals surface area (Å²) in [6.07, 6.45) is 2.61. The Hall–Kier alpha value is -3.54.